The predicted octanol–water partition coefficient (Wildman–Crippen LogP) is 4.14. The zero-order valence-corrected chi connectivity index (χ0v) is 13.0. The van der Waals surface area contributed by atoms with Crippen molar-refractivity contribution in [2.24, 2.45) is 5.92 Å². The highest BCUT2D eigenvalue weighted by atomic mass is 32.1. The Morgan fingerprint density at radius 1 is 1.47 bits per heavy atom. The Kier molecular flexibility index (Phi) is 4.97. The SMILES string of the molecule is CC(=O)c1cnc(N(CCC(C)C)C2CCCC2)s1. The number of anilines is 1. The Morgan fingerprint density at radius 3 is 2.68 bits per heavy atom. The molecular weight excluding hydrogens is 256 g/mol. The molecule has 1 aliphatic rings. The standard InChI is InChI=1S/C15H24N2OS/c1-11(2)8-9-17(13-6-4-5-7-13)15-16-10-14(19-15)12(3)18/h10-11,13H,4-9H2,1-3H3. The Bertz CT molecular complexity index is 422. The van der Waals surface area contributed by atoms with Crippen LogP contribution in [0.3, 0.4) is 0 Å². The van der Waals surface area contributed by atoms with Gasteiger partial charge in [-0.3, -0.25) is 4.79 Å². The summed E-state index contributed by atoms with van der Waals surface area (Å²) in [6.45, 7) is 7.20. The van der Waals surface area contributed by atoms with Gasteiger partial charge >= 0.3 is 0 Å². The number of hydrogen-bond donors (Lipinski definition) is 0. The Morgan fingerprint density at radius 2 is 2.16 bits per heavy atom. The van der Waals surface area contributed by atoms with Crippen molar-refractivity contribution in [3.05, 3.63) is 11.1 Å². The average Bonchev–Trinajstić information content (AvgIpc) is 2.98. The van der Waals surface area contributed by atoms with Crippen LogP contribution in [0.2, 0.25) is 0 Å². The predicted molar refractivity (Wildman–Crippen MR) is 81.2 cm³/mol. The number of hydrogen-bond acceptors (Lipinski definition) is 4. The van der Waals surface area contributed by atoms with Crippen molar-refractivity contribution in [1.82, 2.24) is 4.98 Å². The summed E-state index contributed by atoms with van der Waals surface area (Å²) in [7, 11) is 0. The van der Waals surface area contributed by atoms with Gasteiger partial charge in [0.05, 0.1) is 11.1 Å². The highest BCUT2D eigenvalue weighted by Gasteiger charge is 2.25. The summed E-state index contributed by atoms with van der Waals surface area (Å²) in [5, 5.41) is 1.04. The van der Waals surface area contributed by atoms with Crippen LogP contribution in [0.4, 0.5) is 5.13 Å². The number of rotatable bonds is 6. The van der Waals surface area contributed by atoms with Crippen molar-refractivity contribution < 1.29 is 4.79 Å². The first kappa shape index (κ1) is 14.5. The number of aromatic nitrogens is 1. The maximum atomic E-state index is 11.4. The number of thiazole rings is 1. The summed E-state index contributed by atoms with van der Waals surface area (Å²) in [6, 6.07) is 0.629. The summed E-state index contributed by atoms with van der Waals surface area (Å²) < 4.78 is 0. The summed E-state index contributed by atoms with van der Waals surface area (Å²) in [6.07, 6.45) is 8.12. The van der Waals surface area contributed by atoms with E-state index in [0.29, 0.717) is 12.0 Å². The van der Waals surface area contributed by atoms with E-state index < -0.39 is 0 Å². The van der Waals surface area contributed by atoms with Crippen molar-refractivity contribution in [1.29, 1.82) is 0 Å². The molecule has 0 bridgehead atoms. The molecule has 4 heteroatoms. The molecule has 0 saturated heterocycles. The summed E-state index contributed by atoms with van der Waals surface area (Å²) >= 11 is 1.55. The van der Waals surface area contributed by atoms with Crippen molar-refractivity contribution in [3.8, 4) is 0 Å². The zero-order valence-electron chi connectivity index (χ0n) is 12.2. The van der Waals surface area contributed by atoms with E-state index in [2.05, 4.69) is 23.7 Å². The smallest absolute Gasteiger partial charge is 0.186 e. The number of nitrogens with zero attached hydrogens (tertiary/aromatic N) is 2. The lowest BCUT2D eigenvalue weighted by molar-refractivity contribution is 0.102. The van der Waals surface area contributed by atoms with Gasteiger partial charge in [-0.2, -0.15) is 0 Å². The molecule has 1 fully saturated rings. The Labute approximate surface area is 120 Å². The molecular formula is C15H24N2OS. The number of Topliss-reactive ketones (excluding diaryl/α,β-unsaturated/α-hetero) is 1. The van der Waals surface area contributed by atoms with Gasteiger partial charge in [-0.15, -0.1) is 0 Å². The fourth-order valence-electron chi connectivity index (χ4n) is 2.61. The van der Waals surface area contributed by atoms with Gasteiger partial charge in [0.2, 0.25) is 0 Å². The third-order valence-corrected chi connectivity index (χ3v) is 4.93. The Hall–Kier alpha value is -0.900. The number of ketones is 1. The molecule has 1 aliphatic carbocycles. The topological polar surface area (TPSA) is 33.2 Å². The fraction of sp³-hybridized carbons (Fsp3) is 0.733. The maximum absolute atomic E-state index is 11.4. The maximum Gasteiger partial charge on any atom is 0.186 e. The molecule has 0 amide bonds. The lowest BCUT2D eigenvalue weighted by atomic mass is 10.1. The first-order chi connectivity index (χ1) is 9.08. The molecule has 2 rings (SSSR count). The van der Waals surface area contributed by atoms with E-state index >= 15 is 0 Å². The van der Waals surface area contributed by atoms with Gasteiger partial charge in [-0.1, -0.05) is 38.0 Å². The summed E-state index contributed by atoms with van der Waals surface area (Å²) in [5.74, 6) is 0.829. The minimum Gasteiger partial charge on any atom is -0.345 e. The molecule has 0 spiro atoms. The largest absolute Gasteiger partial charge is 0.345 e. The van der Waals surface area contributed by atoms with Gasteiger partial charge in [0.1, 0.15) is 0 Å². The van der Waals surface area contributed by atoms with Gasteiger partial charge in [0.25, 0.3) is 0 Å². The van der Waals surface area contributed by atoms with Crippen LogP contribution < -0.4 is 4.90 Å². The normalized spacial score (nSPS) is 16.2. The summed E-state index contributed by atoms with van der Waals surface area (Å²) in [5.41, 5.74) is 0. The summed E-state index contributed by atoms with van der Waals surface area (Å²) in [4.78, 5) is 19.1. The van der Waals surface area contributed by atoms with E-state index in [1.807, 2.05) is 0 Å². The van der Waals surface area contributed by atoms with Crippen LogP contribution >= 0.6 is 11.3 Å². The van der Waals surface area contributed by atoms with Crippen LogP contribution in [0, 0.1) is 5.92 Å². The molecule has 0 aliphatic heterocycles. The first-order valence-electron chi connectivity index (χ1n) is 7.31. The fourth-order valence-corrected chi connectivity index (χ4v) is 3.52. The Balaban J connectivity index is 2.12. The quantitative estimate of drug-likeness (QED) is 0.734. The van der Waals surface area contributed by atoms with Crippen molar-refractivity contribution >= 4 is 22.3 Å². The van der Waals surface area contributed by atoms with E-state index in [0.717, 1.165) is 16.6 Å². The molecule has 0 atom stereocenters. The minimum atomic E-state index is 0.124. The van der Waals surface area contributed by atoms with Crippen LogP contribution in [-0.2, 0) is 0 Å². The van der Waals surface area contributed by atoms with Crippen molar-refractivity contribution in [2.45, 2.75) is 58.9 Å². The second-order valence-electron chi connectivity index (χ2n) is 5.88. The second-order valence-corrected chi connectivity index (χ2v) is 6.89. The van der Waals surface area contributed by atoms with Crippen LogP contribution in [0.15, 0.2) is 6.20 Å². The molecule has 1 heterocycles. The van der Waals surface area contributed by atoms with Crippen molar-refractivity contribution in [3.63, 3.8) is 0 Å². The van der Waals surface area contributed by atoms with Crippen LogP contribution in [0.1, 0.15) is 62.5 Å². The number of carbonyl (C=O) groups excluding carboxylic acids is 1. The van der Waals surface area contributed by atoms with Gasteiger partial charge in [0, 0.05) is 19.5 Å². The second kappa shape index (κ2) is 6.51. The van der Waals surface area contributed by atoms with E-state index in [1.165, 1.54) is 32.1 Å². The lowest BCUT2D eigenvalue weighted by Crippen LogP contribution is -2.34. The highest BCUT2D eigenvalue weighted by molar-refractivity contribution is 7.17. The van der Waals surface area contributed by atoms with Gasteiger partial charge < -0.3 is 4.90 Å². The third-order valence-electron chi connectivity index (χ3n) is 3.80. The minimum absolute atomic E-state index is 0.124. The van der Waals surface area contributed by atoms with Crippen LogP contribution in [0.5, 0.6) is 0 Å². The van der Waals surface area contributed by atoms with Gasteiger partial charge in [-0.25, -0.2) is 4.98 Å². The van der Waals surface area contributed by atoms with E-state index in [-0.39, 0.29) is 5.78 Å². The average molecular weight is 280 g/mol. The van der Waals surface area contributed by atoms with E-state index in [9.17, 15) is 4.79 Å². The van der Waals surface area contributed by atoms with Crippen LogP contribution in [0.25, 0.3) is 0 Å². The van der Waals surface area contributed by atoms with Gasteiger partial charge in [0.15, 0.2) is 10.9 Å². The molecule has 0 radical (unpaired) electrons. The van der Waals surface area contributed by atoms with E-state index in [1.54, 1.807) is 24.5 Å². The molecule has 3 nitrogen and oxygen atoms in total. The van der Waals surface area contributed by atoms with Crippen molar-refractivity contribution in [2.75, 3.05) is 11.4 Å². The van der Waals surface area contributed by atoms with Gasteiger partial charge in [-0.05, 0) is 25.2 Å². The highest BCUT2D eigenvalue weighted by Crippen LogP contribution is 2.31. The molecule has 1 saturated carbocycles. The van der Waals surface area contributed by atoms with Crippen LogP contribution in [-0.4, -0.2) is 23.4 Å². The van der Waals surface area contributed by atoms with E-state index in [4.69, 9.17) is 0 Å². The molecule has 0 unspecified atom stereocenters. The molecule has 0 aromatic carbocycles. The lowest BCUT2D eigenvalue weighted by Gasteiger charge is -2.29. The molecule has 1 aromatic heterocycles. The molecule has 1 aromatic rings. The first-order valence-corrected chi connectivity index (χ1v) is 8.13. The molecule has 0 N–H and O–H groups in total. The third kappa shape index (κ3) is 3.78. The zero-order chi connectivity index (χ0) is 13.8. The molecule has 19 heavy (non-hydrogen) atoms. The number of carbonyl (C=O) groups is 1. The monoisotopic (exact) mass is 280 g/mol. The molecule has 106 valence electrons.